The van der Waals surface area contributed by atoms with Crippen molar-refractivity contribution in [3.8, 4) is 11.5 Å². The predicted molar refractivity (Wildman–Crippen MR) is 107 cm³/mol. The first-order chi connectivity index (χ1) is 14.4. The van der Waals surface area contributed by atoms with Crippen LogP contribution in [0.3, 0.4) is 0 Å². The third-order valence-electron chi connectivity index (χ3n) is 5.88. The van der Waals surface area contributed by atoms with Crippen molar-refractivity contribution in [1.29, 1.82) is 0 Å². The summed E-state index contributed by atoms with van der Waals surface area (Å²) < 4.78 is 51.8. The van der Waals surface area contributed by atoms with Gasteiger partial charge in [0.2, 0.25) is 5.91 Å². The number of anilines is 1. The Bertz CT molecular complexity index is 922. The second kappa shape index (κ2) is 8.20. The molecule has 0 radical (unpaired) electrons. The Morgan fingerprint density at radius 3 is 2.47 bits per heavy atom. The first-order valence-corrected chi connectivity index (χ1v) is 10.2. The average Bonchev–Trinajstić information content (AvgIpc) is 3.37. The number of halogens is 3. The van der Waals surface area contributed by atoms with E-state index < -0.39 is 11.7 Å². The van der Waals surface area contributed by atoms with Gasteiger partial charge in [-0.2, -0.15) is 13.2 Å². The number of alkyl halides is 3. The molecular formula is C23H24F3NO3. The van der Waals surface area contributed by atoms with Crippen LogP contribution in [0.1, 0.15) is 49.1 Å². The molecule has 0 spiro atoms. The lowest BCUT2D eigenvalue weighted by Gasteiger charge is -2.22. The van der Waals surface area contributed by atoms with Crippen LogP contribution < -0.4 is 14.4 Å². The van der Waals surface area contributed by atoms with Crippen molar-refractivity contribution in [3.63, 3.8) is 0 Å². The largest absolute Gasteiger partial charge is 0.493 e. The number of rotatable bonds is 5. The lowest BCUT2D eigenvalue weighted by molar-refractivity contribution is -0.137. The molecule has 2 fully saturated rings. The van der Waals surface area contributed by atoms with Crippen LogP contribution in [0.5, 0.6) is 11.5 Å². The number of hydrogen-bond acceptors (Lipinski definition) is 3. The maximum atomic E-state index is 13.4. The molecule has 1 amide bonds. The Kier molecular flexibility index (Phi) is 5.62. The zero-order chi connectivity index (χ0) is 21.3. The van der Waals surface area contributed by atoms with Crippen LogP contribution in [0.4, 0.5) is 18.9 Å². The number of nitrogens with zero attached hydrogens (tertiary/aromatic N) is 1. The molecule has 1 saturated heterocycles. The molecule has 1 aliphatic carbocycles. The predicted octanol–water partition coefficient (Wildman–Crippen LogP) is 5.56. The minimum absolute atomic E-state index is 0.0894. The van der Waals surface area contributed by atoms with E-state index in [1.54, 1.807) is 13.2 Å². The van der Waals surface area contributed by atoms with E-state index in [0.29, 0.717) is 11.5 Å². The topological polar surface area (TPSA) is 38.8 Å². The van der Waals surface area contributed by atoms with Gasteiger partial charge in [-0.05, 0) is 55.5 Å². The number of amides is 1. The van der Waals surface area contributed by atoms with Gasteiger partial charge in [0.15, 0.2) is 11.5 Å². The van der Waals surface area contributed by atoms with Gasteiger partial charge in [-0.1, -0.05) is 18.2 Å². The van der Waals surface area contributed by atoms with Gasteiger partial charge in [0, 0.05) is 18.9 Å². The molecule has 30 heavy (non-hydrogen) atoms. The van der Waals surface area contributed by atoms with Crippen LogP contribution in [0.2, 0.25) is 0 Å². The summed E-state index contributed by atoms with van der Waals surface area (Å²) in [5, 5.41) is 0. The highest BCUT2D eigenvalue weighted by Gasteiger charge is 2.39. The second-order valence-electron chi connectivity index (χ2n) is 7.85. The van der Waals surface area contributed by atoms with Crippen LogP contribution >= 0.6 is 0 Å². The molecule has 7 heteroatoms. The summed E-state index contributed by atoms with van der Waals surface area (Å²) >= 11 is 0. The van der Waals surface area contributed by atoms with Crippen molar-refractivity contribution in [2.75, 3.05) is 18.6 Å². The number of methoxy groups -OCH3 is 1. The van der Waals surface area contributed by atoms with Gasteiger partial charge in [-0.25, -0.2) is 0 Å². The molecule has 0 unspecified atom stereocenters. The van der Waals surface area contributed by atoms with Crippen molar-refractivity contribution >= 4 is 11.6 Å². The van der Waals surface area contributed by atoms with E-state index in [9.17, 15) is 18.0 Å². The van der Waals surface area contributed by atoms with Crippen LogP contribution in [-0.4, -0.2) is 25.7 Å². The number of carbonyl (C=O) groups is 1. The Morgan fingerprint density at radius 2 is 1.77 bits per heavy atom. The van der Waals surface area contributed by atoms with Crippen molar-refractivity contribution in [1.82, 2.24) is 0 Å². The van der Waals surface area contributed by atoms with E-state index in [0.717, 1.165) is 37.3 Å². The Balaban J connectivity index is 1.59. The number of carbonyl (C=O) groups excluding carboxylic acids is 1. The van der Waals surface area contributed by atoms with Gasteiger partial charge in [-0.15, -0.1) is 0 Å². The quantitative estimate of drug-likeness (QED) is 0.637. The molecule has 4 rings (SSSR count). The van der Waals surface area contributed by atoms with Crippen LogP contribution in [0.15, 0.2) is 42.5 Å². The van der Waals surface area contributed by atoms with E-state index >= 15 is 0 Å². The van der Waals surface area contributed by atoms with Gasteiger partial charge >= 0.3 is 6.18 Å². The van der Waals surface area contributed by atoms with Crippen molar-refractivity contribution in [2.45, 2.75) is 50.3 Å². The van der Waals surface area contributed by atoms with E-state index in [1.165, 1.54) is 23.1 Å². The normalized spacial score (nSPS) is 20.1. The van der Waals surface area contributed by atoms with Crippen LogP contribution in [0, 0.1) is 0 Å². The molecule has 2 aromatic carbocycles. The molecule has 1 heterocycles. The summed E-state index contributed by atoms with van der Waals surface area (Å²) in [6, 6.07) is 10.7. The molecule has 2 aliphatic rings. The fraction of sp³-hybridized carbons (Fsp3) is 0.435. The highest BCUT2D eigenvalue weighted by Crippen LogP contribution is 2.41. The van der Waals surface area contributed by atoms with Gasteiger partial charge in [-0.3, -0.25) is 4.79 Å². The van der Waals surface area contributed by atoms with Crippen LogP contribution in [-0.2, 0) is 11.0 Å². The number of ether oxygens (including phenoxy) is 2. The molecule has 160 valence electrons. The lowest BCUT2D eigenvalue weighted by atomic mass is 9.98. The maximum Gasteiger partial charge on any atom is 0.418 e. The SMILES string of the molecule is COc1ccc([C@H]2CC(=O)N(c3ccccc3C(F)(F)F)C2)cc1OC1CCCC1. The molecule has 0 aromatic heterocycles. The summed E-state index contributed by atoms with van der Waals surface area (Å²) in [6.07, 6.45) is 0.0526. The average molecular weight is 419 g/mol. The summed E-state index contributed by atoms with van der Waals surface area (Å²) in [5.74, 6) is 0.721. The summed E-state index contributed by atoms with van der Waals surface area (Å²) in [5.41, 5.74) is -0.0171. The summed E-state index contributed by atoms with van der Waals surface area (Å²) in [4.78, 5) is 13.9. The van der Waals surface area contributed by atoms with E-state index in [4.69, 9.17) is 9.47 Å². The monoisotopic (exact) mass is 419 g/mol. The Hall–Kier alpha value is -2.70. The molecule has 1 aliphatic heterocycles. The number of para-hydroxylation sites is 1. The highest BCUT2D eigenvalue weighted by atomic mass is 19.4. The van der Waals surface area contributed by atoms with E-state index in [1.807, 2.05) is 12.1 Å². The Morgan fingerprint density at radius 1 is 1.03 bits per heavy atom. The van der Waals surface area contributed by atoms with Crippen molar-refractivity contribution in [3.05, 3.63) is 53.6 Å². The second-order valence-corrected chi connectivity index (χ2v) is 7.85. The molecule has 0 N–H and O–H groups in total. The van der Waals surface area contributed by atoms with E-state index in [2.05, 4.69) is 0 Å². The molecule has 0 bridgehead atoms. The van der Waals surface area contributed by atoms with E-state index in [-0.39, 0.29) is 36.6 Å². The number of benzene rings is 2. The standard InChI is InChI=1S/C23H24F3NO3/c1-29-20-11-10-15(12-21(20)30-17-6-2-3-7-17)16-13-22(28)27(14-16)19-9-5-4-8-18(19)23(24,25)26/h4-5,8-12,16-17H,2-3,6-7,13-14H2,1H3/t16-/m0/s1. The lowest BCUT2D eigenvalue weighted by Crippen LogP contribution is -2.27. The first kappa shape index (κ1) is 20.6. The van der Waals surface area contributed by atoms with Gasteiger partial charge in [0.05, 0.1) is 24.5 Å². The molecule has 1 saturated carbocycles. The molecule has 1 atom stereocenters. The summed E-state index contributed by atoms with van der Waals surface area (Å²) in [6.45, 7) is 0.196. The fourth-order valence-electron chi connectivity index (χ4n) is 4.34. The Labute approximate surface area is 173 Å². The fourth-order valence-corrected chi connectivity index (χ4v) is 4.34. The minimum Gasteiger partial charge on any atom is -0.493 e. The molecule has 2 aromatic rings. The third kappa shape index (κ3) is 4.11. The highest BCUT2D eigenvalue weighted by molar-refractivity contribution is 5.97. The van der Waals surface area contributed by atoms with Gasteiger partial charge in [0.1, 0.15) is 0 Å². The van der Waals surface area contributed by atoms with Crippen molar-refractivity contribution in [2.24, 2.45) is 0 Å². The zero-order valence-corrected chi connectivity index (χ0v) is 16.7. The smallest absolute Gasteiger partial charge is 0.418 e. The molecular weight excluding hydrogens is 395 g/mol. The summed E-state index contributed by atoms with van der Waals surface area (Å²) in [7, 11) is 1.57. The third-order valence-corrected chi connectivity index (χ3v) is 5.88. The van der Waals surface area contributed by atoms with Gasteiger partial charge < -0.3 is 14.4 Å². The molecule has 4 nitrogen and oxygen atoms in total. The van der Waals surface area contributed by atoms with Gasteiger partial charge in [0.25, 0.3) is 0 Å². The first-order valence-electron chi connectivity index (χ1n) is 10.2. The number of hydrogen-bond donors (Lipinski definition) is 0. The van der Waals surface area contributed by atoms with Crippen molar-refractivity contribution < 1.29 is 27.4 Å². The zero-order valence-electron chi connectivity index (χ0n) is 16.7. The van der Waals surface area contributed by atoms with Crippen LogP contribution in [0.25, 0.3) is 0 Å². The minimum atomic E-state index is -4.52. The maximum absolute atomic E-state index is 13.4.